The third-order valence-electron chi connectivity index (χ3n) is 2.95. The van der Waals surface area contributed by atoms with Crippen molar-refractivity contribution in [3.8, 4) is 0 Å². The van der Waals surface area contributed by atoms with Crippen molar-refractivity contribution in [2.75, 3.05) is 13.6 Å². The molecule has 0 N–H and O–H groups in total. The second kappa shape index (κ2) is 4.57. The van der Waals surface area contributed by atoms with Gasteiger partial charge in [-0.3, -0.25) is 0 Å². The minimum Gasteiger partial charge on any atom is -0.349 e. The van der Waals surface area contributed by atoms with E-state index in [1.165, 1.54) is 0 Å². The fourth-order valence-electron chi connectivity index (χ4n) is 2.13. The largest absolute Gasteiger partial charge is 0.349 e. The molecule has 82 valence electrons. The minimum atomic E-state index is 0.0486. The summed E-state index contributed by atoms with van der Waals surface area (Å²) in [5.74, 6) is 0. The van der Waals surface area contributed by atoms with Gasteiger partial charge in [0.1, 0.15) is 25.8 Å². The van der Waals surface area contributed by atoms with E-state index >= 15 is 0 Å². The van der Waals surface area contributed by atoms with Crippen molar-refractivity contribution < 1.29 is 18.9 Å². The fraction of sp³-hybridized carbons (Fsp3) is 1.00. The Morgan fingerprint density at radius 2 is 1.21 bits per heavy atom. The van der Waals surface area contributed by atoms with E-state index in [4.69, 9.17) is 18.9 Å². The van der Waals surface area contributed by atoms with Crippen LogP contribution in [0.3, 0.4) is 0 Å². The zero-order chi connectivity index (χ0) is 9.97. The summed E-state index contributed by atoms with van der Waals surface area (Å²) in [5, 5.41) is 0. The summed E-state index contributed by atoms with van der Waals surface area (Å²) in [6.07, 6.45) is 2.33. The smallest absolute Gasteiger partial charge is 0.147 e. The van der Waals surface area contributed by atoms with Gasteiger partial charge in [-0.05, 0) is 12.8 Å². The van der Waals surface area contributed by atoms with Gasteiger partial charge in [-0.15, -0.1) is 0 Å². The predicted molar refractivity (Wildman–Crippen MR) is 49.8 cm³/mol. The summed E-state index contributed by atoms with van der Waals surface area (Å²) in [6, 6.07) is 0. The number of hydrogen-bond donors (Lipinski definition) is 0. The van der Waals surface area contributed by atoms with Crippen LogP contribution in [0.25, 0.3) is 0 Å². The van der Waals surface area contributed by atoms with Crippen molar-refractivity contribution in [2.24, 2.45) is 0 Å². The lowest BCUT2D eigenvalue weighted by Crippen LogP contribution is -2.56. The molecule has 0 aromatic heterocycles. The molecule has 2 rings (SSSR count). The molecule has 2 saturated heterocycles. The van der Waals surface area contributed by atoms with Crippen molar-refractivity contribution in [1.29, 1.82) is 0 Å². The Morgan fingerprint density at radius 3 is 1.57 bits per heavy atom. The summed E-state index contributed by atoms with van der Waals surface area (Å²) in [4.78, 5) is 0. The summed E-state index contributed by atoms with van der Waals surface area (Å²) in [6.45, 7) is 4.94. The SMILES string of the molecule is CCC1OCOC2C1OCO[C@H]2CC. The Kier molecular flexibility index (Phi) is 3.38. The van der Waals surface area contributed by atoms with Crippen LogP contribution in [0.5, 0.6) is 0 Å². The van der Waals surface area contributed by atoms with Gasteiger partial charge < -0.3 is 18.9 Å². The standard InChI is InChI=1S/C10H18O4/c1-3-7-9-10(14-5-11-7)8(4-2)12-6-13-9/h7-10H,3-6H2,1-2H3/t7-,8?,9?,10?/m0/s1. The Hall–Kier alpha value is -0.160. The monoisotopic (exact) mass is 202 g/mol. The first-order valence-electron chi connectivity index (χ1n) is 5.33. The fourth-order valence-corrected chi connectivity index (χ4v) is 2.13. The zero-order valence-electron chi connectivity index (χ0n) is 8.77. The van der Waals surface area contributed by atoms with Crippen molar-refractivity contribution in [1.82, 2.24) is 0 Å². The van der Waals surface area contributed by atoms with Gasteiger partial charge in [0.2, 0.25) is 0 Å². The molecule has 2 heterocycles. The van der Waals surface area contributed by atoms with Crippen LogP contribution >= 0.6 is 0 Å². The van der Waals surface area contributed by atoms with Gasteiger partial charge in [-0.1, -0.05) is 13.8 Å². The van der Waals surface area contributed by atoms with E-state index in [9.17, 15) is 0 Å². The molecule has 4 atom stereocenters. The quantitative estimate of drug-likeness (QED) is 0.676. The summed E-state index contributed by atoms with van der Waals surface area (Å²) in [5.41, 5.74) is 0. The van der Waals surface area contributed by atoms with Crippen LogP contribution in [-0.2, 0) is 18.9 Å². The Labute approximate surface area is 84.5 Å². The highest BCUT2D eigenvalue weighted by Gasteiger charge is 2.42. The number of hydrogen-bond acceptors (Lipinski definition) is 4. The maximum atomic E-state index is 5.55. The maximum Gasteiger partial charge on any atom is 0.147 e. The highest BCUT2D eigenvalue weighted by Crippen LogP contribution is 2.28. The third-order valence-corrected chi connectivity index (χ3v) is 2.95. The third kappa shape index (κ3) is 1.80. The van der Waals surface area contributed by atoms with Crippen LogP contribution < -0.4 is 0 Å². The van der Waals surface area contributed by atoms with Crippen molar-refractivity contribution in [3.63, 3.8) is 0 Å². The van der Waals surface area contributed by atoms with Crippen molar-refractivity contribution >= 4 is 0 Å². The van der Waals surface area contributed by atoms with Gasteiger partial charge in [-0.2, -0.15) is 0 Å². The van der Waals surface area contributed by atoms with Gasteiger partial charge in [0.05, 0.1) is 12.2 Å². The van der Waals surface area contributed by atoms with Crippen LogP contribution in [0, 0.1) is 0 Å². The second-order valence-corrected chi connectivity index (χ2v) is 3.73. The van der Waals surface area contributed by atoms with Gasteiger partial charge in [-0.25, -0.2) is 0 Å². The molecule has 4 nitrogen and oxygen atoms in total. The van der Waals surface area contributed by atoms with E-state index in [2.05, 4.69) is 13.8 Å². The molecule has 2 aliphatic rings. The predicted octanol–water partition coefficient (Wildman–Crippen LogP) is 1.29. The van der Waals surface area contributed by atoms with Crippen molar-refractivity contribution in [2.45, 2.75) is 51.1 Å². The van der Waals surface area contributed by atoms with Crippen LogP contribution in [0.2, 0.25) is 0 Å². The molecular formula is C10H18O4. The van der Waals surface area contributed by atoms with Gasteiger partial charge >= 0.3 is 0 Å². The molecule has 0 aromatic rings. The van der Waals surface area contributed by atoms with Crippen LogP contribution in [0.15, 0.2) is 0 Å². The first kappa shape index (κ1) is 10.4. The summed E-state index contributed by atoms with van der Waals surface area (Å²) < 4.78 is 22.1. The minimum absolute atomic E-state index is 0.0486. The van der Waals surface area contributed by atoms with Crippen molar-refractivity contribution in [3.05, 3.63) is 0 Å². The van der Waals surface area contributed by atoms with Crippen LogP contribution in [0.1, 0.15) is 26.7 Å². The molecule has 0 aliphatic carbocycles. The second-order valence-electron chi connectivity index (χ2n) is 3.73. The normalized spacial score (nSPS) is 43.3. The molecule has 0 aromatic carbocycles. The molecule has 3 unspecified atom stereocenters. The lowest BCUT2D eigenvalue weighted by molar-refractivity contribution is -0.322. The molecular weight excluding hydrogens is 184 g/mol. The van der Waals surface area contributed by atoms with E-state index in [1.54, 1.807) is 0 Å². The maximum absolute atomic E-state index is 5.55. The summed E-state index contributed by atoms with van der Waals surface area (Å²) >= 11 is 0. The van der Waals surface area contributed by atoms with E-state index in [-0.39, 0.29) is 24.4 Å². The lowest BCUT2D eigenvalue weighted by Gasteiger charge is -2.43. The molecule has 2 aliphatic heterocycles. The first-order valence-corrected chi connectivity index (χ1v) is 5.33. The molecule has 14 heavy (non-hydrogen) atoms. The van der Waals surface area contributed by atoms with E-state index in [0.717, 1.165) is 12.8 Å². The molecule has 0 bridgehead atoms. The average molecular weight is 202 g/mol. The molecule has 0 amide bonds. The topological polar surface area (TPSA) is 36.9 Å². The Balaban J connectivity index is 2.04. The molecule has 4 heteroatoms. The number of ether oxygens (including phenoxy) is 4. The highest BCUT2D eigenvalue weighted by atomic mass is 16.8. The molecule has 2 fully saturated rings. The number of rotatable bonds is 2. The lowest BCUT2D eigenvalue weighted by atomic mass is 9.98. The molecule has 0 spiro atoms. The van der Waals surface area contributed by atoms with Gasteiger partial charge in [0.15, 0.2) is 0 Å². The van der Waals surface area contributed by atoms with E-state index < -0.39 is 0 Å². The molecule has 0 saturated carbocycles. The van der Waals surface area contributed by atoms with Crippen LogP contribution in [-0.4, -0.2) is 38.0 Å². The zero-order valence-corrected chi connectivity index (χ0v) is 8.77. The number of fused-ring (bicyclic) bond motifs is 1. The molecule has 0 radical (unpaired) electrons. The van der Waals surface area contributed by atoms with Gasteiger partial charge in [0.25, 0.3) is 0 Å². The Bertz CT molecular complexity index is 165. The average Bonchev–Trinajstić information content (AvgIpc) is 2.27. The Morgan fingerprint density at radius 1 is 0.786 bits per heavy atom. The van der Waals surface area contributed by atoms with Crippen LogP contribution in [0.4, 0.5) is 0 Å². The summed E-state index contributed by atoms with van der Waals surface area (Å²) in [7, 11) is 0. The van der Waals surface area contributed by atoms with E-state index in [0.29, 0.717) is 13.6 Å². The highest BCUT2D eigenvalue weighted by molar-refractivity contribution is 4.88. The van der Waals surface area contributed by atoms with E-state index in [1.807, 2.05) is 0 Å². The van der Waals surface area contributed by atoms with Gasteiger partial charge in [0, 0.05) is 0 Å². The first-order chi connectivity index (χ1) is 6.86.